The third-order valence-electron chi connectivity index (χ3n) is 13.5. The number of hydrogen-bond donors (Lipinski definition) is 0. The van der Waals surface area contributed by atoms with E-state index in [1.54, 1.807) is 0 Å². The van der Waals surface area contributed by atoms with E-state index in [0.29, 0.717) is 0 Å². The lowest BCUT2D eigenvalue weighted by molar-refractivity contribution is 0.642. The van der Waals surface area contributed by atoms with E-state index in [9.17, 15) is 0 Å². The highest BCUT2D eigenvalue weighted by molar-refractivity contribution is 5.97. The molecule has 0 bridgehead atoms. The molecular weight excluding hydrogens is 759 g/mol. The second kappa shape index (κ2) is 15.6. The van der Waals surface area contributed by atoms with Crippen molar-refractivity contribution in [2.45, 2.75) is 24.7 Å². The van der Waals surface area contributed by atoms with Crippen LogP contribution in [0.25, 0.3) is 44.2 Å². The van der Waals surface area contributed by atoms with Gasteiger partial charge in [-0.15, -0.1) is 0 Å². The van der Waals surface area contributed by atoms with Gasteiger partial charge in [0.2, 0.25) is 0 Å². The monoisotopic (exact) mass is 805 g/mol. The molecule has 0 aliphatic heterocycles. The van der Waals surface area contributed by atoms with Crippen LogP contribution >= 0.6 is 0 Å². The molecule has 0 amide bonds. The Kier molecular flexibility index (Phi) is 9.47. The Morgan fingerprint density at radius 2 is 0.810 bits per heavy atom. The van der Waals surface area contributed by atoms with Gasteiger partial charge in [0.25, 0.3) is 0 Å². The molecule has 10 aromatic rings. The Bertz CT molecular complexity index is 3160. The van der Waals surface area contributed by atoms with Crippen LogP contribution in [0.1, 0.15) is 47.2 Å². The van der Waals surface area contributed by atoms with Crippen molar-refractivity contribution in [2.24, 2.45) is 0 Å². The summed E-state index contributed by atoms with van der Waals surface area (Å²) < 4.78 is 0. The first kappa shape index (κ1) is 38.2. The standard InChI is InChI=1S/C62H47N/c1-61(2,53-38-31-45-19-12-13-20-49(45)43-53)50-36-29-46(30-37-50)48-34-41-55(42-35-48)63(54-39-32-47(33-40-54)44-17-6-3-7-18-44)59-28-16-27-58-60(59)56-25-14-15-26-57(56)62(58,51-21-8-4-9-22-51)52-23-10-5-11-24-52/h3-43H,1-2H3. The highest BCUT2D eigenvalue weighted by Crippen LogP contribution is 2.59. The van der Waals surface area contributed by atoms with Crippen LogP contribution in [0.2, 0.25) is 0 Å². The molecule has 0 N–H and O–H groups in total. The van der Waals surface area contributed by atoms with Crippen LogP contribution in [-0.2, 0) is 10.8 Å². The number of benzene rings is 10. The summed E-state index contributed by atoms with van der Waals surface area (Å²) in [5.74, 6) is 0. The molecule has 0 atom stereocenters. The highest BCUT2D eigenvalue weighted by Gasteiger charge is 2.47. The van der Waals surface area contributed by atoms with Crippen LogP contribution in [0, 0.1) is 0 Å². The highest BCUT2D eigenvalue weighted by atomic mass is 15.1. The first-order valence-corrected chi connectivity index (χ1v) is 22.0. The van der Waals surface area contributed by atoms with E-state index in [2.05, 4.69) is 267 Å². The molecule has 0 radical (unpaired) electrons. The first-order valence-electron chi connectivity index (χ1n) is 22.0. The minimum Gasteiger partial charge on any atom is -0.310 e. The van der Waals surface area contributed by atoms with Crippen molar-refractivity contribution < 1.29 is 0 Å². The molecule has 0 heterocycles. The van der Waals surface area contributed by atoms with Crippen molar-refractivity contribution in [3.05, 3.63) is 282 Å². The van der Waals surface area contributed by atoms with E-state index in [-0.39, 0.29) is 5.41 Å². The molecule has 11 rings (SSSR count). The summed E-state index contributed by atoms with van der Waals surface area (Å²) in [7, 11) is 0. The summed E-state index contributed by atoms with van der Waals surface area (Å²) in [6.45, 7) is 4.65. The summed E-state index contributed by atoms with van der Waals surface area (Å²) in [6.07, 6.45) is 0. The van der Waals surface area contributed by atoms with E-state index in [4.69, 9.17) is 0 Å². The fraction of sp³-hybridized carbons (Fsp3) is 0.0645. The molecule has 0 unspecified atom stereocenters. The predicted octanol–water partition coefficient (Wildman–Crippen LogP) is 16.3. The van der Waals surface area contributed by atoms with Gasteiger partial charge in [0.05, 0.1) is 11.1 Å². The lowest BCUT2D eigenvalue weighted by Crippen LogP contribution is -2.28. The molecule has 1 aliphatic carbocycles. The normalized spacial score (nSPS) is 12.7. The molecule has 63 heavy (non-hydrogen) atoms. The van der Waals surface area contributed by atoms with Crippen molar-refractivity contribution in [3.8, 4) is 33.4 Å². The molecule has 0 spiro atoms. The van der Waals surface area contributed by atoms with Gasteiger partial charge in [0.1, 0.15) is 0 Å². The molecule has 0 saturated carbocycles. The van der Waals surface area contributed by atoms with Crippen molar-refractivity contribution in [3.63, 3.8) is 0 Å². The minimum atomic E-state index is -0.494. The van der Waals surface area contributed by atoms with Crippen LogP contribution in [0.5, 0.6) is 0 Å². The maximum Gasteiger partial charge on any atom is 0.0714 e. The number of fused-ring (bicyclic) bond motifs is 4. The number of hydrogen-bond acceptors (Lipinski definition) is 1. The van der Waals surface area contributed by atoms with Gasteiger partial charge in [0, 0.05) is 22.4 Å². The van der Waals surface area contributed by atoms with Gasteiger partial charge in [-0.25, -0.2) is 0 Å². The second-order valence-electron chi connectivity index (χ2n) is 17.3. The Morgan fingerprint density at radius 1 is 0.349 bits per heavy atom. The van der Waals surface area contributed by atoms with Gasteiger partial charge >= 0.3 is 0 Å². The lowest BCUT2D eigenvalue weighted by Gasteiger charge is -2.34. The van der Waals surface area contributed by atoms with E-state index in [1.807, 2.05) is 0 Å². The van der Waals surface area contributed by atoms with E-state index in [1.165, 1.54) is 77.5 Å². The van der Waals surface area contributed by atoms with E-state index >= 15 is 0 Å². The number of anilines is 3. The SMILES string of the molecule is CC(C)(c1ccc(-c2ccc(N(c3ccc(-c4ccccc4)cc3)c3cccc4c3-c3ccccc3C4(c3ccccc3)c3ccccc3)cc2)cc1)c1ccc2ccccc2c1. The Hall–Kier alpha value is -7.74. The molecule has 1 aliphatic rings. The molecule has 1 heteroatoms. The molecule has 1 nitrogen and oxygen atoms in total. The zero-order valence-corrected chi connectivity index (χ0v) is 35.6. The van der Waals surface area contributed by atoms with Crippen LogP contribution in [-0.4, -0.2) is 0 Å². The Balaban J connectivity index is 1.03. The van der Waals surface area contributed by atoms with Gasteiger partial charge in [-0.3, -0.25) is 0 Å². The second-order valence-corrected chi connectivity index (χ2v) is 17.3. The van der Waals surface area contributed by atoms with Gasteiger partial charge in [-0.05, 0) is 102 Å². The van der Waals surface area contributed by atoms with Crippen LogP contribution in [0.4, 0.5) is 17.1 Å². The molecule has 10 aromatic carbocycles. The van der Waals surface area contributed by atoms with Gasteiger partial charge in [0.15, 0.2) is 0 Å². The zero-order valence-electron chi connectivity index (χ0n) is 35.6. The van der Waals surface area contributed by atoms with Crippen molar-refractivity contribution >= 4 is 27.8 Å². The fourth-order valence-electron chi connectivity index (χ4n) is 10.1. The van der Waals surface area contributed by atoms with Crippen molar-refractivity contribution in [1.82, 2.24) is 0 Å². The average Bonchev–Trinajstić information content (AvgIpc) is 3.67. The molecule has 0 saturated heterocycles. The fourth-order valence-corrected chi connectivity index (χ4v) is 10.1. The molecular formula is C62H47N. The lowest BCUT2D eigenvalue weighted by atomic mass is 9.68. The quantitative estimate of drug-likeness (QED) is 0.140. The number of rotatable bonds is 9. The largest absolute Gasteiger partial charge is 0.310 e. The topological polar surface area (TPSA) is 3.24 Å². The summed E-state index contributed by atoms with van der Waals surface area (Å²) in [5, 5.41) is 2.55. The van der Waals surface area contributed by atoms with E-state index < -0.39 is 5.41 Å². The number of nitrogens with zero attached hydrogens (tertiary/aromatic N) is 1. The first-order chi connectivity index (χ1) is 31.0. The Morgan fingerprint density at radius 3 is 1.41 bits per heavy atom. The third-order valence-corrected chi connectivity index (χ3v) is 13.5. The summed E-state index contributed by atoms with van der Waals surface area (Å²) in [6, 6.07) is 91.5. The van der Waals surface area contributed by atoms with Crippen LogP contribution < -0.4 is 4.90 Å². The van der Waals surface area contributed by atoms with E-state index in [0.717, 1.165) is 17.1 Å². The summed E-state index contributed by atoms with van der Waals surface area (Å²) in [5.41, 5.74) is 17.7. The maximum atomic E-state index is 2.45. The molecule has 0 fully saturated rings. The van der Waals surface area contributed by atoms with Crippen molar-refractivity contribution in [2.75, 3.05) is 4.90 Å². The van der Waals surface area contributed by atoms with Crippen LogP contribution in [0.3, 0.4) is 0 Å². The molecule has 300 valence electrons. The predicted molar refractivity (Wildman–Crippen MR) is 265 cm³/mol. The van der Waals surface area contributed by atoms with Gasteiger partial charge in [-0.1, -0.05) is 232 Å². The molecule has 0 aromatic heterocycles. The average molecular weight is 806 g/mol. The maximum absolute atomic E-state index is 2.45. The summed E-state index contributed by atoms with van der Waals surface area (Å²) >= 11 is 0. The summed E-state index contributed by atoms with van der Waals surface area (Å²) in [4.78, 5) is 2.45. The third kappa shape index (κ3) is 6.48. The Labute approximate surface area is 371 Å². The van der Waals surface area contributed by atoms with Gasteiger partial charge < -0.3 is 4.90 Å². The zero-order chi connectivity index (χ0) is 42.4. The van der Waals surface area contributed by atoms with Crippen molar-refractivity contribution in [1.29, 1.82) is 0 Å². The van der Waals surface area contributed by atoms with Crippen LogP contribution in [0.15, 0.2) is 249 Å². The van der Waals surface area contributed by atoms with Gasteiger partial charge in [-0.2, -0.15) is 0 Å². The minimum absolute atomic E-state index is 0.143. The smallest absolute Gasteiger partial charge is 0.0714 e.